The molecule has 0 bridgehead atoms. The summed E-state index contributed by atoms with van der Waals surface area (Å²) in [5.41, 5.74) is 8.29. The molecule has 0 amide bonds. The van der Waals surface area contributed by atoms with Crippen molar-refractivity contribution in [3.05, 3.63) is 35.6 Å². The maximum Gasteiger partial charge on any atom is 0.134 e. The number of fused-ring (bicyclic) bond motifs is 1. The van der Waals surface area contributed by atoms with Gasteiger partial charge in [0.1, 0.15) is 11.3 Å². The van der Waals surface area contributed by atoms with Crippen LogP contribution in [-0.4, -0.2) is 24.5 Å². The highest BCUT2D eigenvalue weighted by Gasteiger charge is 2.26. The minimum atomic E-state index is 0.212. The zero-order valence-corrected chi connectivity index (χ0v) is 13.0. The van der Waals surface area contributed by atoms with E-state index in [1.807, 2.05) is 19.1 Å². The highest BCUT2D eigenvalue weighted by atomic mass is 16.3. The molecule has 0 fully saturated rings. The van der Waals surface area contributed by atoms with Crippen LogP contribution in [0.4, 0.5) is 0 Å². The number of aryl methyl sites for hydroxylation is 1. The summed E-state index contributed by atoms with van der Waals surface area (Å²) in [5.74, 6) is 0.986. The highest BCUT2D eigenvalue weighted by molar-refractivity contribution is 5.82. The zero-order valence-electron chi connectivity index (χ0n) is 13.0. The molecule has 0 aliphatic rings. The quantitative estimate of drug-likeness (QED) is 0.869. The fraction of sp³-hybridized carbons (Fsp3) is 0.529. The van der Waals surface area contributed by atoms with E-state index in [9.17, 15) is 0 Å². The van der Waals surface area contributed by atoms with Crippen LogP contribution in [0.15, 0.2) is 28.7 Å². The largest absolute Gasteiger partial charge is 0.461 e. The lowest BCUT2D eigenvalue weighted by Gasteiger charge is -2.33. The second-order valence-electron chi connectivity index (χ2n) is 5.46. The first-order chi connectivity index (χ1) is 9.63. The van der Waals surface area contributed by atoms with Gasteiger partial charge in [0.05, 0.1) is 6.04 Å². The molecule has 0 radical (unpaired) electrons. The van der Waals surface area contributed by atoms with Gasteiger partial charge in [0.25, 0.3) is 0 Å². The second-order valence-corrected chi connectivity index (χ2v) is 5.46. The van der Waals surface area contributed by atoms with Crippen LogP contribution in [0.5, 0.6) is 0 Å². The summed E-state index contributed by atoms with van der Waals surface area (Å²) < 4.78 is 5.90. The van der Waals surface area contributed by atoms with E-state index in [1.54, 1.807) is 0 Å². The molecule has 110 valence electrons. The summed E-state index contributed by atoms with van der Waals surface area (Å²) in [7, 11) is 2.18. The minimum Gasteiger partial charge on any atom is -0.461 e. The average molecular weight is 274 g/mol. The Labute approximate surface area is 121 Å². The number of hydrogen-bond donors (Lipinski definition) is 1. The standard InChI is InChI=1S/C17H26N2O/c1-5-13(6-2)19(4)15(11-18)17-12(3)20-16-10-8-7-9-14(16)17/h7-10,13,15H,5-6,11,18H2,1-4H3. The number of hydrogen-bond acceptors (Lipinski definition) is 3. The van der Waals surface area contributed by atoms with Gasteiger partial charge in [-0.15, -0.1) is 0 Å². The summed E-state index contributed by atoms with van der Waals surface area (Å²) in [5, 5.41) is 1.19. The van der Waals surface area contributed by atoms with Gasteiger partial charge in [0.15, 0.2) is 0 Å². The van der Waals surface area contributed by atoms with E-state index in [2.05, 4.69) is 37.9 Å². The first-order valence-electron chi connectivity index (χ1n) is 7.54. The minimum absolute atomic E-state index is 0.212. The van der Waals surface area contributed by atoms with Crippen molar-refractivity contribution >= 4 is 11.0 Å². The number of likely N-dealkylation sites (N-methyl/N-ethyl adjacent to an activating group) is 1. The number of benzene rings is 1. The van der Waals surface area contributed by atoms with Gasteiger partial charge >= 0.3 is 0 Å². The first kappa shape index (κ1) is 15.1. The van der Waals surface area contributed by atoms with Crippen molar-refractivity contribution in [3.8, 4) is 0 Å². The van der Waals surface area contributed by atoms with Crippen LogP contribution >= 0.6 is 0 Å². The molecule has 1 aromatic carbocycles. The number of nitrogens with two attached hydrogens (primary N) is 1. The normalized spacial score (nSPS) is 13.6. The molecular formula is C17H26N2O. The molecule has 1 heterocycles. The molecule has 1 unspecified atom stereocenters. The Kier molecular flexibility index (Phi) is 4.84. The van der Waals surface area contributed by atoms with E-state index in [0.29, 0.717) is 12.6 Å². The Bertz CT molecular complexity index is 557. The molecule has 3 heteroatoms. The van der Waals surface area contributed by atoms with Crippen LogP contribution in [-0.2, 0) is 0 Å². The van der Waals surface area contributed by atoms with Crippen LogP contribution in [0.25, 0.3) is 11.0 Å². The van der Waals surface area contributed by atoms with E-state index >= 15 is 0 Å². The van der Waals surface area contributed by atoms with Crippen molar-refractivity contribution in [2.45, 2.75) is 45.7 Å². The van der Waals surface area contributed by atoms with Crippen molar-refractivity contribution in [2.75, 3.05) is 13.6 Å². The summed E-state index contributed by atoms with van der Waals surface area (Å²) in [4.78, 5) is 2.41. The molecule has 0 saturated carbocycles. The van der Waals surface area contributed by atoms with Crippen molar-refractivity contribution in [2.24, 2.45) is 5.73 Å². The summed E-state index contributed by atoms with van der Waals surface area (Å²) in [6.07, 6.45) is 2.27. The Morgan fingerprint density at radius 2 is 1.85 bits per heavy atom. The van der Waals surface area contributed by atoms with Gasteiger partial charge in [0, 0.05) is 23.5 Å². The summed E-state index contributed by atoms with van der Waals surface area (Å²) in [6, 6.07) is 8.99. The van der Waals surface area contributed by atoms with Crippen LogP contribution in [0.1, 0.15) is 44.1 Å². The van der Waals surface area contributed by atoms with Crippen molar-refractivity contribution in [1.29, 1.82) is 0 Å². The lowest BCUT2D eigenvalue weighted by Crippen LogP contribution is -2.38. The summed E-state index contributed by atoms with van der Waals surface area (Å²) in [6.45, 7) is 7.12. The lowest BCUT2D eigenvalue weighted by molar-refractivity contribution is 0.167. The van der Waals surface area contributed by atoms with E-state index < -0.39 is 0 Å². The van der Waals surface area contributed by atoms with Crippen LogP contribution in [0, 0.1) is 6.92 Å². The van der Waals surface area contributed by atoms with Crippen LogP contribution in [0.3, 0.4) is 0 Å². The summed E-state index contributed by atoms with van der Waals surface area (Å²) >= 11 is 0. The van der Waals surface area contributed by atoms with Crippen molar-refractivity contribution in [1.82, 2.24) is 4.90 Å². The fourth-order valence-corrected chi connectivity index (χ4v) is 3.21. The smallest absolute Gasteiger partial charge is 0.134 e. The van der Waals surface area contributed by atoms with Crippen LogP contribution < -0.4 is 5.73 Å². The predicted molar refractivity (Wildman–Crippen MR) is 84.9 cm³/mol. The Hall–Kier alpha value is -1.32. The molecule has 0 saturated heterocycles. The fourth-order valence-electron chi connectivity index (χ4n) is 3.21. The Morgan fingerprint density at radius 3 is 2.45 bits per heavy atom. The van der Waals surface area contributed by atoms with E-state index in [-0.39, 0.29) is 6.04 Å². The molecule has 20 heavy (non-hydrogen) atoms. The van der Waals surface area contributed by atoms with E-state index in [4.69, 9.17) is 10.2 Å². The van der Waals surface area contributed by atoms with Gasteiger partial charge in [-0.1, -0.05) is 32.0 Å². The van der Waals surface area contributed by atoms with Crippen molar-refractivity contribution in [3.63, 3.8) is 0 Å². The lowest BCUT2D eigenvalue weighted by atomic mass is 9.99. The average Bonchev–Trinajstić information content (AvgIpc) is 2.78. The van der Waals surface area contributed by atoms with E-state index in [1.165, 1.54) is 10.9 Å². The second kappa shape index (κ2) is 6.42. The SMILES string of the molecule is CCC(CC)N(C)C(CN)c1c(C)oc2ccccc12. The number of para-hydroxylation sites is 1. The molecule has 0 aliphatic heterocycles. The van der Waals surface area contributed by atoms with Gasteiger partial charge in [-0.3, -0.25) is 4.90 Å². The van der Waals surface area contributed by atoms with Gasteiger partial charge in [0.2, 0.25) is 0 Å². The van der Waals surface area contributed by atoms with E-state index in [0.717, 1.165) is 24.2 Å². The monoisotopic (exact) mass is 274 g/mol. The Morgan fingerprint density at radius 1 is 1.20 bits per heavy atom. The van der Waals surface area contributed by atoms with Gasteiger partial charge < -0.3 is 10.2 Å². The number of nitrogens with zero attached hydrogens (tertiary/aromatic N) is 1. The number of furan rings is 1. The van der Waals surface area contributed by atoms with Crippen molar-refractivity contribution < 1.29 is 4.42 Å². The maximum absolute atomic E-state index is 6.09. The zero-order chi connectivity index (χ0) is 14.7. The first-order valence-corrected chi connectivity index (χ1v) is 7.54. The van der Waals surface area contributed by atoms with Gasteiger partial charge in [-0.25, -0.2) is 0 Å². The molecule has 1 aromatic heterocycles. The topological polar surface area (TPSA) is 42.4 Å². The molecule has 3 nitrogen and oxygen atoms in total. The van der Waals surface area contributed by atoms with Gasteiger partial charge in [-0.2, -0.15) is 0 Å². The molecule has 0 spiro atoms. The Balaban J connectivity index is 2.46. The molecule has 2 N–H and O–H groups in total. The molecule has 0 aliphatic carbocycles. The third-order valence-electron chi connectivity index (χ3n) is 4.39. The highest BCUT2D eigenvalue weighted by Crippen LogP contribution is 2.34. The number of rotatable bonds is 6. The molecule has 2 aromatic rings. The maximum atomic E-state index is 6.09. The van der Waals surface area contributed by atoms with Crippen LogP contribution in [0.2, 0.25) is 0 Å². The van der Waals surface area contributed by atoms with Gasteiger partial charge in [-0.05, 0) is 32.9 Å². The molecular weight excluding hydrogens is 248 g/mol. The predicted octanol–water partition coefficient (Wildman–Crippen LogP) is 3.86. The molecule has 1 atom stereocenters. The molecule has 2 rings (SSSR count). The third-order valence-corrected chi connectivity index (χ3v) is 4.39. The third kappa shape index (κ3) is 2.60.